The van der Waals surface area contributed by atoms with Gasteiger partial charge in [-0.25, -0.2) is 0 Å². The Kier molecular flexibility index (Phi) is 2.49. The molecule has 1 heterocycles. The molecule has 0 spiro atoms. The third-order valence-corrected chi connectivity index (χ3v) is 2.19. The summed E-state index contributed by atoms with van der Waals surface area (Å²) in [5, 5.41) is 7.08. The number of hydrogen-bond acceptors (Lipinski definition) is 1. The molecule has 2 nitrogen and oxygen atoms in total. The van der Waals surface area contributed by atoms with E-state index in [-0.39, 0.29) is 0 Å². The molecule has 2 N–H and O–H groups in total. The topological polar surface area (TPSA) is 24.1 Å². The van der Waals surface area contributed by atoms with Crippen molar-refractivity contribution >= 4 is 17.3 Å². The monoisotopic (exact) mass is 170 g/mol. The molecule has 1 saturated heterocycles. The van der Waals surface area contributed by atoms with Crippen molar-refractivity contribution in [1.82, 2.24) is 10.6 Å². The Labute approximate surface area is 73.1 Å². The van der Waals surface area contributed by atoms with Crippen LogP contribution in [0.1, 0.15) is 13.8 Å². The summed E-state index contributed by atoms with van der Waals surface area (Å²) in [6.45, 7) is 8.09. The predicted molar refractivity (Wildman–Crippen MR) is 51.5 cm³/mol. The van der Waals surface area contributed by atoms with Crippen molar-refractivity contribution in [3.05, 3.63) is 12.7 Å². The molecule has 0 bridgehead atoms. The van der Waals surface area contributed by atoms with Crippen LogP contribution in [0.15, 0.2) is 12.7 Å². The van der Waals surface area contributed by atoms with Gasteiger partial charge in [0.1, 0.15) is 0 Å². The second kappa shape index (κ2) is 3.22. The summed E-state index contributed by atoms with van der Waals surface area (Å²) < 4.78 is 0. The van der Waals surface area contributed by atoms with Crippen molar-refractivity contribution in [3.63, 3.8) is 0 Å². The first-order valence-electron chi connectivity index (χ1n) is 3.84. The molecule has 62 valence electrons. The van der Waals surface area contributed by atoms with Gasteiger partial charge in [-0.1, -0.05) is 19.9 Å². The quantitative estimate of drug-likeness (QED) is 0.478. The Balaban J connectivity index is 2.64. The first-order chi connectivity index (χ1) is 5.15. The van der Waals surface area contributed by atoms with E-state index in [0.29, 0.717) is 18.0 Å². The van der Waals surface area contributed by atoms with Crippen LogP contribution in [0.3, 0.4) is 0 Å². The van der Waals surface area contributed by atoms with E-state index < -0.39 is 0 Å². The lowest BCUT2D eigenvalue weighted by Gasteiger charge is -2.18. The Morgan fingerprint density at radius 3 is 2.55 bits per heavy atom. The summed E-state index contributed by atoms with van der Waals surface area (Å²) >= 11 is 4.99. The van der Waals surface area contributed by atoms with E-state index in [1.807, 2.05) is 6.08 Å². The first-order valence-corrected chi connectivity index (χ1v) is 4.25. The lowest BCUT2D eigenvalue weighted by Crippen LogP contribution is -2.36. The van der Waals surface area contributed by atoms with Gasteiger partial charge in [-0.3, -0.25) is 0 Å². The Morgan fingerprint density at radius 1 is 1.55 bits per heavy atom. The van der Waals surface area contributed by atoms with Gasteiger partial charge in [-0.2, -0.15) is 0 Å². The van der Waals surface area contributed by atoms with Gasteiger partial charge < -0.3 is 10.6 Å². The first kappa shape index (κ1) is 8.53. The van der Waals surface area contributed by atoms with Crippen LogP contribution in [0.25, 0.3) is 0 Å². The van der Waals surface area contributed by atoms with Gasteiger partial charge in [0.15, 0.2) is 5.11 Å². The van der Waals surface area contributed by atoms with Gasteiger partial charge in [0.2, 0.25) is 0 Å². The summed E-state index contributed by atoms with van der Waals surface area (Å²) in [5.41, 5.74) is 0. The van der Waals surface area contributed by atoms with E-state index in [1.165, 1.54) is 0 Å². The number of thiocarbonyl (C=S) groups is 1. The third kappa shape index (κ3) is 1.71. The highest BCUT2D eigenvalue weighted by Gasteiger charge is 2.28. The second-order valence-corrected chi connectivity index (χ2v) is 3.56. The highest BCUT2D eigenvalue weighted by atomic mass is 32.1. The number of hydrogen-bond donors (Lipinski definition) is 2. The van der Waals surface area contributed by atoms with Crippen LogP contribution in [0.5, 0.6) is 0 Å². The largest absolute Gasteiger partial charge is 0.357 e. The van der Waals surface area contributed by atoms with Gasteiger partial charge in [0.25, 0.3) is 0 Å². The lowest BCUT2D eigenvalue weighted by molar-refractivity contribution is 0.441. The molecule has 1 aliphatic heterocycles. The molecule has 0 radical (unpaired) electrons. The third-order valence-electron chi connectivity index (χ3n) is 1.95. The van der Waals surface area contributed by atoms with Crippen LogP contribution < -0.4 is 10.6 Å². The van der Waals surface area contributed by atoms with Gasteiger partial charge in [0.05, 0.1) is 12.1 Å². The molecule has 0 saturated carbocycles. The van der Waals surface area contributed by atoms with Crippen molar-refractivity contribution in [2.75, 3.05) is 0 Å². The van der Waals surface area contributed by atoms with Crippen molar-refractivity contribution < 1.29 is 0 Å². The Morgan fingerprint density at radius 2 is 2.18 bits per heavy atom. The van der Waals surface area contributed by atoms with Crippen LogP contribution in [-0.4, -0.2) is 17.2 Å². The molecule has 0 aromatic rings. The summed E-state index contributed by atoms with van der Waals surface area (Å²) in [4.78, 5) is 0. The average molecular weight is 170 g/mol. The van der Waals surface area contributed by atoms with E-state index in [0.717, 1.165) is 5.11 Å². The molecule has 0 aromatic carbocycles. The molecule has 1 rings (SSSR count). The minimum Gasteiger partial charge on any atom is -0.357 e. The van der Waals surface area contributed by atoms with Crippen LogP contribution >= 0.6 is 12.2 Å². The van der Waals surface area contributed by atoms with E-state index >= 15 is 0 Å². The number of nitrogens with one attached hydrogen (secondary N) is 2. The molecule has 0 amide bonds. The normalized spacial score (nSPS) is 29.9. The zero-order chi connectivity index (χ0) is 8.43. The standard InChI is InChI=1S/C8H14N2S/c1-4-6-7(5(2)3)10-8(11)9-6/h4-7H,1H2,2-3H3,(H2,9,10,11)/t6-,7-/m0/s1. The van der Waals surface area contributed by atoms with Crippen molar-refractivity contribution in [2.24, 2.45) is 5.92 Å². The van der Waals surface area contributed by atoms with E-state index in [9.17, 15) is 0 Å². The summed E-state index contributed by atoms with van der Waals surface area (Å²) in [7, 11) is 0. The second-order valence-electron chi connectivity index (χ2n) is 3.15. The zero-order valence-corrected chi connectivity index (χ0v) is 7.74. The van der Waals surface area contributed by atoms with Crippen molar-refractivity contribution in [2.45, 2.75) is 25.9 Å². The van der Waals surface area contributed by atoms with E-state index in [2.05, 4.69) is 31.1 Å². The molecular weight excluding hydrogens is 156 g/mol. The van der Waals surface area contributed by atoms with Crippen LogP contribution in [0.2, 0.25) is 0 Å². The van der Waals surface area contributed by atoms with Gasteiger partial charge in [-0.15, -0.1) is 6.58 Å². The van der Waals surface area contributed by atoms with Crippen LogP contribution in [0, 0.1) is 5.92 Å². The molecule has 0 aliphatic carbocycles. The summed E-state index contributed by atoms with van der Waals surface area (Å²) in [6, 6.07) is 0.697. The van der Waals surface area contributed by atoms with E-state index in [1.54, 1.807) is 0 Å². The lowest BCUT2D eigenvalue weighted by atomic mass is 9.98. The summed E-state index contributed by atoms with van der Waals surface area (Å²) in [6.07, 6.45) is 1.90. The predicted octanol–water partition coefficient (Wildman–Crippen LogP) is 1.04. The van der Waals surface area contributed by atoms with Gasteiger partial charge in [0, 0.05) is 0 Å². The summed E-state index contributed by atoms with van der Waals surface area (Å²) in [5.74, 6) is 0.575. The van der Waals surface area contributed by atoms with Crippen molar-refractivity contribution in [3.8, 4) is 0 Å². The maximum absolute atomic E-state index is 4.99. The molecule has 1 fully saturated rings. The number of rotatable bonds is 2. The molecule has 0 aromatic heterocycles. The maximum atomic E-state index is 4.99. The van der Waals surface area contributed by atoms with Crippen LogP contribution in [0.4, 0.5) is 0 Å². The molecule has 0 unspecified atom stereocenters. The Hall–Kier alpha value is -0.570. The smallest absolute Gasteiger partial charge is 0.167 e. The fraction of sp³-hybridized carbons (Fsp3) is 0.625. The molecule has 3 heteroatoms. The molecular formula is C8H14N2S. The van der Waals surface area contributed by atoms with Gasteiger partial charge in [-0.05, 0) is 18.1 Å². The average Bonchev–Trinajstić information content (AvgIpc) is 2.30. The highest BCUT2D eigenvalue weighted by molar-refractivity contribution is 7.80. The molecule has 2 atom stereocenters. The minimum absolute atomic E-state index is 0.294. The SMILES string of the molecule is C=C[C@@H]1NC(=S)N[C@H]1C(C)C. The Bertz CT molecular complexity index is 177. The van der Waals surface area contributed by atoms with Crippen LogP contribution in [-0.2, 0) is 0 Å². The zero-order valence-electron chi connectivity index (χ0n) is 6.92. The molecule has 1 aliphatic rings. The fourth-order valence-electron chi connectivity index (χ4n) is 1.31. The fourth-order valence-corrected chi connectivity index (χ4v) is 1.58. The molecule has 11 heavy (non-hydrogen) atoms. The van der Waals surface area contributed by atoms with Crippen molar-refractivity contribution in [1.29, 1.82) is 0 Å². The van der Waals surface area contributed by atoms with Gasteiger partial charge >= 0.3 is 0 Å². The van der Waals surface area contributed by atoms with E-state index in [4.69, 9.17) is 12.2 Å². The maximum Gasteiger partial charge on any atom is 0.167 e. The highest BCUT2D eigenvalue weighted by Crippen LogP contribution is 2.11. The minimum atomic E-state index is 0.294.